The number of carbonyl (C=O) groups excluding carboxylic acids is 2. The number of fused-ring (bicyclic) bond motifs is 1. The van der Waals surface area contributed by atoms with E-state index in [4.69, 9.17) is 5.10 Å². The first-order valence-corrected chi connectivity index (χ1v) is 9.12. The summed E-state index contributed by atoms with van der Waals surface area (Å²) in [5.74, 6) is 0.351. The van der Waals surface area contributed by atoms with Crippen molar-refractivity contribution in [3.05, 3.63) is 24.0 Å². The van der Waals surface area contributed by atoms with Crippen LogP contribution in [-0.2, 0) is 16.1 Å². The second-order valence-corrected chi connectivity index (χ2v) is 7.95. The SMILES string of the molecule is CC(=O)NCCn1nc([C@@H]2CCN(C(=O)C(C)(C)C)C2)c2cccnc21. The van der Waals surface area contributed by atoms with E-state index < -0.39 is 0 Å². The number of likely N-dealkylation sites (tertiary alicyclic amines) is 1. The summed E-state index contributed by atoms with van der Waals surface area (Å²) in [7, 11) is 0. The van der Waals surface area contributed by atoms with Crippen molar-refractivity contribution in [2.75, 3.05) is 19.6 Å². The predicted octanol–water partition coefficient (Wildman–Crippen LogP) is 1.93. The summed E-state index contributed by atoms with van der Waals surface area (Å²) in [6, 6.07) is 3.95. The van der Waals surface area contributed by atoms with E-state index in [-0.39, 0.29) is 23.1 Å². The van der Waals surface area contributed by atoms with Gasteiger partial charge in [-0.15, -0.1) is 0 Å². The highest BCUT2D eigenvalue weighted by molar-refractivity contribution is 5.82. The van der Waals surface area contributed by atoms with E-state index in [1.54, 1.807) is 6.20 Å². The maximum absolute atomic E-state index is 12.6. The van der Waals surface area contributed by atoms with E-state index in [0.29, 0.717) is 19.6 Å². The van der Waals surface area contributed by atoms with Gasteiger partial charge in [0.05, 0.1) is 12.2 Å². The Kier molecular flexibility index (Phi) is 4.98. The van der Waals surface area contributed by atoms with Crippen molar-refractivity contribution in [1.29, 1.82) is 0 Å². The lowest BCUT2D eigenvalue weighted by atomic mass is 9.95. The van der Waals surface area contributed by atoms with Crippen LogP contribution in [0.15, 0.2) is 18.3 Å². The first-order chi connectivity index (χ1) is 12.3. The molecule has 0 radical (unpaired) electrons. The zero-order valence-electron chi connectivity index (χ0n) is 16.0. The van der Waals surface area contributed by atoms with Gasteiger partial charge in [0, 0.05) is 49.5 Å². The van der Waals surface area contributed by atoms with Gasteiger partial charge in [-0.3, -0.25) is 9.59 Å². The molecular weight excluding hydrogens is 330 g/mol. The van der Waals surface area contributed by atoms with E-state index in [0.717, 1.165) is 29.7 Å². The van der Waals surface area contributed by atoms with Gasteiger partial charge < -0.3 is 10.2 Å². The summed E-state index contributed by atoms with van der Waals surface area (Å²) < 4.78 is 1.86. The van der Waals surface area contributed by atoms with Crippen LogP contribution in [-0.4, -0.2) is 51.1 Å². The summed E-state index contributed by atoms with van der Waals surface area (Å²) in [6.45, 7) is 9.93. The number of amides is 2. The molecule has 7 nitrogen and oxygen atoms in total. The second-order valence-electron chi connectivity index (χ2n) is 7.95. The molecule has 1 N–H and O–H groups in total. The van der Waals surface area contributed by atoms with Gasteiger partial charge in [0.1, 0.15) is 0 Å². The van der Waals surface area contributed by atoms with Crippen molar-refractivity contribution in [2.24, 2.45) is 5.41 Å². The molecule has 26 heavy (non-hydrogen) atoms. The van der Waals surface area contributed by atoms with E-state index in [2.05, 4.69) is 10.3 Å². The summed E-state index contributed by atoms with van der Waals surface area (Å²) in [5.41, 5.74) is 1.46. The van der Waals surface area contributed by atoms with E-state index in [9.17, 15) is 9.59 Å². The third kappa shape index (κ3) is 3.71. The molecule has 3 heterocycles. The van der Waals surface area contributed by atoms with Crippen LogP contribution in [0.2, 0.25) is 0 Å². The van der Waals surface area contributed by atoms with Gasteiger partial charge >= 0.3 is 0 Å². The molecule has 0 spiro atoms. The highest BCUT2D eigenvalue weighted by atomic mass is 16.2. The number of rotatable bonds is 4. The number of aromatic nitrogens is 3. The van der Waals surface area contributed by atoms with Crippen LogP contribution >= 0.6 is 0 Å². The zero-order chi connectivity index (χ0) is 18.9. The van der Waals surface area contributed by atoms with Crippen molar-refractivity contribution >= 4 is 22.8 Å². The van der Waals surface area contributed by atoms with Gasteiger partial charge in [0.25, 0.3) is 0 Å². The molecule has 1 atom stereocenters. The molecule has 2 aromatic heterocycles. The number of nitrogens with zero attached hydrogens (tertiary/aromatic N) is 4. The Morgan fingerprint density at radius 3 is 2.81 bits per heavy atom. The maximum atomic E-state index is 12.6. The lowest BCUT2D eigenvalue weighted by molar-refractivity contribution is -0.138. The van der Waals surface area contributed by atoms with Crippen molar-refractivity contribution in [3.8, 4) is 0 Å². The van der Waals surface area contributed by atoms with Crippen LogP contribution in [0.4, 0.5) is 0 Å². The first-order valence-electron chi connectivity index (χ1n) is 9.12. The maximum Gasteiger partial charge on any atom is 0.227 e. The molecule has 0 aliphatic carbocycles. The molecular formula is C19H27N5O2. The van der Waals surface area contributed by atoms with Crippen molar-refractivity contribution in [2.45, 2.75) is 46.6 Å². The number of nitrogens with one attached hydrogen (secondary N) is 1. The molecule has 2 aromatic rings. The number of carbonyl (C=O) groups is 2. The molecule has 7 heteroatoms. The Morgan fingerprint density at radius 2 is 2.12 bits per heavy atom. The van der Waals surface area contributed by atoms with Gasteiger partial charge in [-0.1, -0.05) is 20.8 Å². The molecule has 0 aromatic carbocycles. The van der Waals surface area contributed by atoms with Crippen LogP contribution in [0.1, 0.15) is 45.7 Å². The first kappa shape index (κ1) is 18.4. The number of hydrogen-bond donors (Lipinski definition) is 1. The summed E-state index contributed by atoms with van der Waals surface area (Å²) in [4.78, 5) is 30.1. The smallest absolute Gasteiger partial charge is 0.227 e. The molecule has 2 amide bonds. The lowest BCUT2D eigenvalue weighted by Crippen LogP contribution is -2.37. The standard InChI is InChI=1S/C19H27N5O2/c1-13(25)20-9-11-24-17-15(6-5-8-21-17)16(22-24)14-7-10-23(12-14)18(26)19(2,3)4/h5-6,8,14H,7,9-12H2,1-4H3,(H,20,25)/t14-/m1/s1. The summed E-state index contributed by atoms with van der Waals surface area (Å²) in [6.07, 6.45) is 2.67. The van der Waals surface area contributed by atoms with Crippen molar-refractivity contribution in [3.63, 3.8) is 0 Å². The normalized spacial score (nSPS) is 17.7. The van der Waals surface area contributed by atoms with Crippen molar-refractivity contribution in [1.82, 2.24) is 25.0 Å². The second kappa shape index (κ2) is 7.05. The monoisotopic (exact) mass is 357 g/mol. The van der Waals surface area contributed by atoms with Gasteiger partial charge in [-0.05, 0) is 18.6 Å². The Balaban J connectivity index is 1.82. The quantitative estimate of drug-likeness (QED) is 0.907. The minimum Gasteiger partial charge on any atom is -0.354 e. The van der Waals surface area contributed by atoms with Gasteiger partial charge in [-0.2, -0.15) is 5.10 Å². The highest BCUT2D eigenvalue weighted by Crippen LogP contribution is 2.33. The van der Waals surface area contributed by atoms with Crippen LogP contribution in [0.5, 0.6) is 0 Å². The molecule has 1 saturated heterocycles. The fourth-order valence-corrected chi connectivity index (χ4v) is 3.47. The third-order valence-corrected chi connectivity index (χ3v) is 4.74. The predicted molar refractivity (Wildman–Crippen MR) is 99.6 cm³/mol. The van der Waals surface area contributed by atoms with Crippen LogP contribution in [0, 0.1) is 5.41 Å². The minimum atomic E-state index is -0.365. The molecule has 0 saturated carbocycles. The average Bonchev–Trinajstić information content (AvgIpc) is 3.18. The molecule has 1 aliphatic heterocycles. The molecule has 3 rings (SSSR count). The molecule has 140 valence electrons. The lowest BCUT2D eigenvalue weighted by Gasteiger charge is -2.25. The van der Waals surface area contributed by atoms with Gasteiger partial charge in [-0.25, -0.2) is 9.67 Å². The molecule has 1 fully saturated rings. The third-order valence-electron chi connectivity index (χ3n) is 4.74. The van der Waals surface area contributed by atoms with Gasteiger partial charge in [0.2, 0.25) is 11.8 Å². The van der Waals surface area contributed by atoms with E-state index in [1.807, 2.05) is 42.5 Å². The fraction of sp³-hybridized carbons (Fsp3) is 0.579. The number of hydrogen-bond acceptors (Lipinski definition) is 4. The highest BCUT2D eigenvalue weighted by Gasteiger charge is 2.35. The average molecular weight is 357 g/mol. The van der Waals surface area contributed by atoms with E-state index >= 15 is 0 Å². The van der Waals surface area contributed by atoms with Crippen LogP contribution < -0.4 is 5.32 Å². The van der Waals surface area contributed by atoms with E-state index in [1.165, 1.54) is 6.92 Å². The Morgan fingerprint density at radius 1 is 1.35 bits per heavy atom. The topological polar surface area (TPSA) is 80.1 Å². The largest absolute Gasteiger partial charge is 0.354 e. The molecule has 0 bridgehead atoms. The molecule has 0 unspecified atom stereocenters. The Bertz CT molecular complexity index is 821. The van der Waals surface area contributed by atoms with Crippen LogP contribution in [0.25, 0.3) is 11.0 Å². The zero-order valence-corrected chi connectivity index (χ0v) is 16.0. The minimum absolute atomic E-state index is 0.0539. The Labute approximate surface area is 153 Å². The van der Waals surface area contributed by atoms with Gasteiger partial charge in [0.15, 0.2) is 5.65 Å². The summed E-state index contributed by atoms with van der Waals surface area (Å²) >= 11 is 0. The summed E-state index contributed by atoms with van der Waals surface area (Å²) in [5, 5.41) is 8.62. The molecule has 1 aliphatic rings. The van der Waals surface area contributed by atoms with Crippen molar-refractivity contribution < 1.29 is 9.59 Å². The fourth-order valence-electron chi connectivity index (χ4n) is 3.47. The van der Waals surface area contributed by atoms with Crippen LogP contribution in [0.3, 0.4) is 0 Å². The Hall–Kier alpha value is -2.44. The number of pyridine rings is 1.